The van der Waals surface area contributed by atoms with E-state index >= 15 is 0 Å². The molecule has 2 amide bonds. The van der Waals surface area contributed by atoms with Crippen LogP contribution in [0.4, 0.5) is 0 Å². The quantitative estimate of drug-likeness (QED) is 0.534. The average molecular weight is 521 g/mol. The Labute approximate surface area is 218 Å². The lowest BCUT2D eigenvalue weighted by Crippen LogP contribution is -2.62. The van der Waals surface area contributed by atoms with Gasteiger partial charge in [-0.1, -0.05) is 63.3 Å². The van der Waals surface area contributed by atoms with E-state index in [9.17, 15) is 14.7 Å². The lowest BCUT2D eigenvalue weighted by Gasteiger charge is -2.45. The molecule has 1 unspecified atom stereocenters. The van der Waals surface area contributed by atoms with Crippen LogP contribution in [0.3, 0.4) is 0 Å². The van der Waals surface area contributed by atoms with Gasteiger partial charge < -0.3 is 29.5 Å². The van der Waals surface area contributed by atoms with Gasteiger partial charge >= 0.3 is 0 Å². The van der Waals surface area contributed by atoms with Crippen molar-refractivity contribution in [2.75, 3.05) is 25.2 Å². The molecule has 0 spiro atoms. The number of carbonyl (C=O) groups is 2. The first-order chi connectivity index (χ1) is 16.9. The zero-order chi connectivity index (χ0) is 26.5. The second-order valence-corrected chi connectivity index (χ2v) is 12.0. The summed E-state index contributed by atoms with van der Waals surface area (Å²) in [7, 11) is 1.40. The number of nitrogens with zero attached hydrogens (tertiary/aromatic N) is 1. The second kappa shape index (κ2) is 12.1. The molecule has 0 radical (unpaired) electrons. The lowest BCUT2D eigenvalue weighted by molar-refractivity contribution is -0.334. The predicted octanol–water partition coefficient (Wildman–Crippen LogP) is 2.75. The third-order valence-corrected chi connectivity index (χ3v) is 7.08. The van der Waals surface area contributed by atoms with Gasteiger partial charge in [-0.3, -0.25) is 9.59 Å². The minimum atomic E-state index is -1.14. The summed E-state index contributed by atoms with van der Waals surface area (Å²) in [6.45, 7) is 10.7. The zero-order valence-electron chi connectivity index (χ0n) is 22.1. The number of carbonyl (C=O) groups excluding carboxylic acids is 2. The van der Waals surface area contributed by atoms with Crippen molar-refractivity contribution in [1.29, 1.82) is 0 Å². The number of aliphatic hydroxyl groups excluding tert-OH is 1. The minimum Gasteiger partial charge on any atom is -0.387 e. The fourth-order valence-corrected chi connectivity index (χ4v) is 5.25. The average Bonchev–Trinajstić information content (AvgIpc) is 2.97. The number of aliphatic hydroxyl groups is 1. The molecule has 2 aliphatic rings. The second-order valence-electron chi connectivity index (χ2n) is 10.8. The summed E-state index contributed by atoms with van der Waals surface area (Å²) in [6.07, 6.45) is -0.163. The van der Waals surface area contributed by atoms with Gasteiger partial charge in [-0.05, 0) is 24.8 Å². The van der Waals surface area contributed by atoms with Crippen LogP contribution in [0, 0.1) is 5.41 Å². The number of rotatable bonds is 7. The highest BCUT2D eigenvalue weighted by molar-refractivity contribution is 7.99. The Morgan fingerprint density at radius 2 is 2.00 bits per heavy atom. The largest absolute Gasteiger partial charge is 0.387 e. The molecule has 0 aliphatic carbocycles. The van der Waals surface area contributed by atoms with Crippen molar-refractivity contribution in [1.82, 2.24) is 10.2 Å². The molecule has 9 heteroatoms. The normalized spacial score (nSPS) is 28.1. The maximum atomic E-state index is 13.4. The fourth-order valence-electron chi connectivity index (χ4n) is 4.27. The number of nitrogens with one attached hydrogen (secondary N) is 1. The standard InChI is InChI=1S/C27H40N2O6S/c1-26(2,3)13-12-20-21(30)22(35-27(4,5)34-20)23(33-6)24(31)28-19-17-36-15-14-29(25(19)32)16-18-10-8-7-9-11-18/h7-13,19-23,30H,14-17H2,1-6H3,(H,28,31)/t19?,20-,21+,22-,23-/m1/s1. The highest BCUT2D eigenvalue weighted by atomic mass is 32.2. The SMILES string of the molecule is CO[C@@H](C(=O)NC1CSCCN(Cc2ccccc2)C1=O)[C@@H]1OC(C)(C)O[C@H](C=CC(C)(C)C)[C@@H]1O. The first kappa shape index (κ1) is 28.7. The Hall–Kier alpha value is -1.91. The Morgan fingerprint density at radius 1 is 1.31 bits per heavy atom. The number of amides is 2. The molecular formula is C27H40N2O6S. The predicted molar refractivity (Wildman–Crippen MR) is 140 cm³/mol. The van der Waals surface area contributed by atoms with Crippen molar-refractivity contribution in [2.45, 2.75) is 77.4 Å². The smallest absolute Gasteiger partial charge is 0.252 e. The molecule has 1 aromatic rings. The maximum absolute atomic E-state index is 13.4. The molecule has 0 saturated carbocycles. The van der Waals surface area contributed by atoms with E-state index < -0.39 is 42.2 Å². The highest BCUT2D eigenvalue weighted by Gasteiger charge is 2.48. The van der Waals surface area contributed by atoms with Crippen LogP contribution in [0.25, 0.3) is 0 Å². The molecule has 0 aromatic heterocycles. The van der Waals surface area contributed by atoms with Crippen LogP contribution < -0.4 is 5.32 Å². The molecular weight excluding hydrogens is 480 g/mol. The molecule has 200 valence electrons. The molecule has 2 saturated heterocycles. The topological polar surface area (TPSA) is 97.3 Å². The number of thioether (sulfide) groups is 1. The van der Waals surface area contributed by atoms with Crippen molar-refractivity contribution < 1.29 is 28.9 Å². The summed E-state index contributed by atoms with van der Waals surface area (Å²) < 4.78 is 17.4. The van der Waals surface area contributed by atoms with Gasteiger partial charge in [0.05, 0.1) is 0 Å². The lowest BCUT2D eigenvalue weighted by atomic mass is 9.93. The van der Waals surface area contributed by atoms with Crippen LogP contribution in [0.15, 0.2) is 42.5 Å². The van der Waals surface area contributed by atoms with Crippen LogP contribution in [0.2, 0.25) is 0 Å². The number of hydrogen-bond donors (Lipinski definition) is 2. The van der Waals surface area contributed by atoms with E-state index in [1.165, 1.54) is 7.11 Å². The van der Waals surface area contributed by atoms with Gasteiger partial charge in [0.25, 0.3) is 5.91 Å². The van der Waals surface area contributed by atoms with Gasteiger partial charge in [0.15, 0.2) is 11.9 Å². The Balaban J connectivity index is 1.73. The van der Waals surface area contributed by atoms with E-state index in [0.717, 1.165) is 11.3 Å². The van der Waals surface area contributed by atoms with E-state index in [1.54, 1.807) is 36.6 Å². The highest BCUT2D eigenvalue weighted by Crippen LogP contribution is 2.31. The van der Waals surface area contributed by atoms with Gasteiger partial charge in [0.2, 0.25) is 5.91 Å². The van der Waals surface area contributed by atoms with Crippen LogP contribution >= 0.6 is 11.8 Å². The summed E-state index contributed by atoms with van der Waals surface area (Å²) >= 11 is 1.62. The Kier molecular flexibility index (Phi) is 9.62. The van der Waals surface area contributed by atoms with E-state index in [0.29, 0.717) is 18.8 Å². The summed E-state index contributed by atoms with van der Waals surface area (Å²) in [5, 5.41) is 13.9. The first-order valence-electron chi connectivity index (χ1n) is 12.4. The number of benzene rings is 1. The molecule has 3 rings (SSSR count). The summed E-state index contributed by atoms with van der Waals surface area (Å²) in [6, 6.07) is 9.09. The van der Waals surface area contributed by atoms with Gasteiger partial charge in [-0.15, -0.1) is 0 Å². The van der Waals surface area contributed by atoms with Crippen LogP contribution in [0.5, 0.6) is 0 Å². The van der Waals surface area contributed by atoms with Gasteiger partial charge in [0, 0.05) is 31.7 Å². The third-order valence-electron chi connectivity index (χ3n) is 6.04. The summed E-state index contributed by atoms with van der Waals surface area (Å²) in [4.78, 5) is 28.5. The van der Waals surface area contributed by atoms with Crippen LogP contribution in [-0.4, -0.2) is 83.2 Å². The number of hydrogen-bond acceptors (Lipinski definition) is 7. The van der Waals surface area contributed by atoms with E-state index in [2.05, 4.69) is 5.32 Å². The van der Waals surface area contributed by atoms with E-state index in [-0.39, 0.29) is 11.3 Å². The van der Waals surface area contributed by atoms with Crippen molar-refractivity contribution in [3.63, 3.8) is 0 Å². The molecule has 2 aliphatic heterocycles. The van der Waals surface area contributed by atoms with Gasteiger partial charge in [-0.25, -0.2) is 0 Å². The van der Waals surface area contributed by atoms with Gasteiger partial charge in [-0.2, -0.15) is 11.8 Å². The first-order valence-corrected chi connectivity index (χ1v) is 13.5. The van der Waals surface area contributed by atoms with Crippen molar-refractivity contribution in [2.24, 2.45) is 5.41 Å². The van der Waals surface area contributed by atoms with E-state index in [1.807, 2.05) is 57.2 Å². The third kappa shape index (κ3) is 7.79. The van der Waals surface area contributed by atoms with Crippen molar-refractivity contribution in [3.05, 3.63) is 48.0 Å². The summed E-state index contributed by atoms with van der Waals surface area (Å²) in [5.41, 5.74) is 0.926. The number of allylic oxidation sites excluding steroid dienone is 1. The molecule has 2 N–H and O–H groups in total. The minimum absolute atomic E-state index is 0.109. The fraction of sp³-hybridized carbons (Fsp3) is 0.630. The zero-order valence-corrected chi connectivity index (χ0v) is 22.9. The van der Waals surface area contributed by atoms with Crippen molar-refractivity contribution >= 4 is 23.6 Å². The molecule has 2 heterocycles. The van der Waals surface area contributed by atoms with Gasteiger partial charge in [0.1, 0.15) is 24.4 Å². The number of methoxy groups -OCH3 is 1. The maximum Gasteiger partial charge on any atom is 0.252 e. The molecule has 36 heavy (non-hydrogen) atoms. The van der Waals surface area contributed by atoms with E-state index in [4.69, 9.17) is 14.2 Å². The molecule has 5 atom stereocenters. The van der Waals surface area contributed by atoms with Crippen LogP contribution in [0.1, 0.15) is 40.2 Å². The number of ether oxygens (including phenoxy) is 3. The van der Waals surface area contributed by atoms with Crippen molar-refractivity contribution in [3.8, 4) is 0 Å². The summed E-state index contributed by atoms with van der Waals surface area (Å²) in [5.74, 6) is -0.429. The molecule has 8 nitrogen and oxygen atoms in total. The molecule has 2 fully saturated rings. The monoisotopic (exact) mass is 520 g/mol. The molecule has 1 aromatic carbocycles. The molecule has 0 bridgehead atoms. The Bertz CT molecular complexity index is 917. The van der Waals surface area contributed by atoms with Crippen LogP contribution in [-0.2, 0) is 30.3 Å². The Morgan fingerprint density at radius 3 is 2.64 bits per heavy atom.